The molecule has 2 aromatic rings. The Kier molecular flexibility index (Phi) is 7.72. The number of amides is 1. The van der Waals surface area contributed by atoms with Gasteiger partial charge in [-0.05, 0) is 36.3 Å². The van der Waals surface area contributed by atoms with Gasteiger partial charge in [-0.1, -0.05) is 13.8 Å². The van der Waals surface area contributed by atoms with E-state index in [2.05, 4.69) is 5.32 Å². The van der Waals surface area contributed by atoms with Crippen LogP contribution in [0.2, 0.25) is 0 Å². The lowest BCUT2D eigenvalue weighted by molar-refractivity contribution is -0.119. The summed E-state index contributed by atoms with van der Waals surface area (Å²) in [4.78, 5) is 48.2. The molecular formula is C20H24N2O6S. The maximum atomic E-state index is 12.3. The van der Waals surface area contributed by atoms with Crippen LogP contribution in [0.15, 0.2) is 28.5 Å². The zero-order valence-corrected chi connectivity index (χ0v) is 17.6. The summed E-state index contributed by atoms with van der Waals surface area (Å²) < 4.78 is 11.4. The van der Waals surface area contributed by atoms with E-state index in [0.29, 0.717) is 22.9 Å². The van der Waals surface area contributed by atoms with Crippen LogP contribution in [0.25, 0.3) is 0 Å². The quantitative estimate of drug-likeness (QED) is 0.659. The van der Waals surface area contributed by atoms with Crippen LogP contribution >= 0.6 is 11.3 Å². The van der Waals surface area contributed by atoms with Crippen LogP contribution in [0, 0.1) is 5.92 Å². The van der Waals surface area contributed by atoms with Gasteiger partial charge in [0.2, 0.25) is 0 Å². The van der Waals surface area contributed by atoms with Crippen molar-refractivity contribution in [2.45, 2.75) is 27.2 Å². The van der Waals surface area contributed by atoms with Crippen molar-refractivity contribution in [3.05, 3.63) is 50.8 Å². The molecule has 0 aromatic carbocycles. The van der Waals surface area contributed by atoms with Crippen LogP contribution in [-0.2, 0) is 27.7 Å². The van der Waals surface area contributed by atoms with Crippen LogP contribution < -0.4 is 10.9 Å². The highest BCUT2D eigenvalue weighted by molar-refractivity contribution is 7.15. The Labute approximate surface area is 172 Å². The third kappa shape index (κ3) is 6.02. The molecule has 0 bridgehead atoms. The first-order valence-electron chi connectivity index (χ1n) is 9.14. The molecule has 0 aliphatic heterocycles. The van der Waals surface area contributed by atoms with Crippen molar-refractivity contribution in [1.29, 1.82) is 0 Å². The normalized spacial score (nSPS) is 10.7. The first-order chi connectivity index (χ1) is 13.7. The van der Waals surface area contributed by atoms with Gasteiger partial charge in [-0.2, -0.15) is 0 Å². The third-order valence-corrected chi connectivity index (χ3v) is 4.85. The Balaban J connectivity index is 2.06. The summed E-state index contributed by atoms with van der Waals surface area (Å²) in [5, 5.41) is 4.77. The number of hydrogen-bond donors (Lipinski definition) is 1. The van der Waals surface area contributed by atoms with Crippen LogP contribution in [0.1, 0.15) is 47.1 Å². The third-order valence-electron chi connectivity index (χ3n) is 3.90. The highest BCUT2D eigenvalue weighted by atomic mass is 32.1. The minimum atomic E-state index is -0.782. The van der Waals surface area contributed by atoms with E-state index in [1.807, 2.05) is 19.2 Å². The van der Waals surface area contributed by atoms with Crippen molar-refractivity contribution in [1.82, 2.24) is 4.57 Å². The number of thiophene rings is 1. The number of carbonyl (C=O) groups is 3. The SMILES string of the molecule is CCOC(=O)c1c(CC(C)C)csc1NC(=O)COC(=O)c1ccn(C)c(=O)c1. The molecule has 1 amide bonds. The predicted octanol–water partition coefficient (Wildman–Crippen LogP) is 2.62. The average Bonchev–Trinajstić information content (AvgIpc) is 3.03. The first-order valence-corrected chi connectivity index (χ1v) is 10.0. The van der Waals surface area contributed by atoms with Crippen LogP contribution in [0.5, 0.6) is 0 Å². The Morgan fingerprint density at radius 1 is 1.21 bits per heavy atom. The molecule has 0 saturated heterocycles. The van der Waals surface area contributed by atoms with Gasteiger partial charge >= 0.3 is 11.9 Å². The molecule has 8 nitrogen and oxygen atoms in total. The van der Waals surface area contributed by atoms with E-state index >= 15 is 0 Å². The molecule has 0 aliphatic carbocycles. The second-order valence-corrected chi connectivity index (χ2v) is 7.65. The van der Waals surface area contributed by atoms with Crippen molar-refractivity contribution in [2.24, 2.45) is 13.0 Å². The fraction of sp³-hybridized carbons (Fsp3) is 0.400. The molecule has 0 saturated carbocycles. The van der Waals surface area contributed by atoms with E-state index in [0.717, 1.165) is 11.6 Å². The molecule has 0 radical (unpaired) electrons. The maximum absolute atomic E-state index is 12.3. The summed E-state index contributed by atoms with van der Waals surface area (Å²) in [6, 6.07) is 2.56. The number of nitrogens with zero attached hydrogens (tertiary/aromatic N) is 1. The van der Waals surface area contributed by atoms with Crippen LogP contribution in [0.3, 0.4) is 0 Å². The molecule has 2 aromatic heterocycles. The molecule has 0 atom stereocenters. The molecule has 29 heavy (non-hydrogen) atoms. The number of esters is 2. The first kappa shape index (κ1) is 22.4. The largest absolute Gasteiger partial charge is 0.462 e. The van der Waals surface area contributed by atoms with Crippen molar-refractivity contribution in [3.8, 4) is 0 Å². The molecular weight excluding hydrogens is 396 g/mol. The molecule has 1 N–H and O–H groups in total. The number of anilines is 1. The number of rotatable bonds is 8. The number of aromatic nitrogens is 1. The second-order valence-electron chi connectivity index (χ2n) is 6.77. The van der Waals surface area contributed by atoms with Crippen molar-refractivity contribution in [3.63, 3.8) is 0 Å². The van der Waals surface area contributed by atoms with Crippen LogP contribution in [-0.4, -0.2) is 35.6 Å². The topological polar surface area (TPSA) is 104 Å². The van der Waals surface area contributed by atoms with Crippen LogP contribution in [0.4, 0.5) is 5.00 Å². The molecule has 2 rings (SSSR count). The summed E-state index contributed by atoms with van der Waals surface area (Å²) in [7, 11) is 1.56. The monoisotopic (exact) mass is 420 g/mol. The predicted molar refractivity (Wildman–Crippen MR) is 109 cm³/mol. The van der Waals surface area contributed by atoms with Crippen molar-refractivity contribution in [2.75, 3.05) is 18.5 Å². The fourth-order valence-electron chi connectivity index (χ4n) is 2.56. The van der Waals surface area contributed by atoms with Crippen molar-refractivity contribution < 1.29 is 23.9 Å². The zero-order valence-electron chi connectivity index (χ0n) is 16.8. The Morgan fingerprint density at radius 3 is 2.55 bits per heavy atom. The highest BCUT2D eigenvalue weighted by Crippen LogP contribution is 2.30. The summed E-state index contributed by atoms with van der Waals surface area (Å²) in [5.74, 6) is -1.56. The summed E-state index contributed by atoms with van der Waals surface area (Å²) >= 11 is 1.22. The molecule has 0 spiro atoms. The lowest BCUT2D eigenvalue weighted by atomic mass is 10.0. The summed E-state index contributed by atoms with van der Waals surface area (Å²) in [5.41, 5.74) is 0.829. The summed E-state index contributed by atoms with van der Waals surface area (Å²) in [6.07, 6.45) is 2.10. The second kappa shape index (κ2) is 10.0. The molecule has 0 aliphatic rings. The fourth-order valence-corrected chi connectivity index (χ4v) is 3.53. The number of carbonyl (C=O) groups excluding carboxylic acids is 3. The number of aryl methyl sites for hydroxylation is 1. The van der Waals surface area contributed by atoms with Gasteiger partial charge in [0, 0.05) is 19.3 Å². The van der Waals surface area contributed by atoms with E-state index in [-0.39, 0.29) is 17.7 Å². The molecule has 0 fully saturated rings. The average molecular weight is 420 g/mol. The van der Waals surface area contributed by atoms with E-state index in [9.17, 15) is 19.2 Å². The minimum Gasteiger partial charge on any atom is -0.462 e. The van der Waals surface area contributed by atoms with Gasteiger partial charge < -0.3 is 19.4 Å². The Hall–Kier alpha value is -2.94. The Morgan fingerprint density at radius 2 is 1.93 bits per heavy atom. The van der Waals surface area contributed by atoms with Gasteiger partial charge in [-0.15, -0.1) is 11.3 Å². The standard InChI is InChI=1S/C20H24N2O6S/c1-5-27-20(26)17-14(8-12(2)3)11-29-18(17)21-15(23)10-28-19(25)13-6-7-22(4)16(24)9-13/h6-7,9,11-12H,5,8,10H2,1-4H3,(H,21,23). The molecule has 9 heteroatoms. The molecule has 2 heterocycles. The zero-order chi connectivity index (χ0) is 21.6. The van der Waals surface area contributed by atoms with Gasteiger partial charge in [-0.3, -0.25) is 9.59 Å². The molecule has 0 unspecified atom stereocenters. The van der Waals surface area contributed by atoms with E-state index < -0.39 is 24.5 Å². The number of hydrogen-bond acceptors (Lipinski definition) is 7. The van der Waals surface area contributed by atoms with Gasteiger partial charge in [0.05, 0.1) is 17.7 Å². The van der Waals surface area contributed by atoms with Gasteiger partial charge in [0.1, 0.15) is 5.00 Å². The smallest absolute Gasteiger partial charge is 0.341 e. The lowest BCUT2D eigenvalue weighted by Crippen LogP contribution is -2.23. The van der Waals surface area contributed by atoms with E-state index in [4.69, 9.17) is 9.47 Å². The van der Waals surface area contributed by atoms with Crippen molar-refractivity contribution >= 4 is 34.2 Å². The van der Waals surface area contributed by atoms with E-state index in [1.165, 1.54) is 28.2 Å². The molecule has 156 valence electrons. The lowest BCUT2D eigenvalue weighted by Gasteiger charge is -2.10. The van der Waals surface area contributed by atoms with E-state index in [1.54, 1.807) is 14.0 Å². The number of ether oxygens (including phenoxy) is 2. The van der Waals surface area contributed by atoms with Gasteiger partial charge in [-0.25, -0.2) is 9.59 Å². The minimum absolute atomic E-state index is 0.0588. The van der Waals surface area contributed by atoms with Gasteiger partial charge in [0.15, 0.2) is 6.61 Å². The van der Waals surface area contributed by atoms with Gasteiger partial charge in [0.25, 0.3) is 11.5 Å². The highest BCUT2D eigenvalue weighted by Gasteiger charge is 2.22. The summed E-state index contributed by atoms with van der Waals surface area (Å²) in [6.45, 7) is 5.44. The maximum Gasteiger partial charge on any atom is 0.341 e. The number of pyridine rings is 1. The number of nitrogens with one attached hydrogen (secondary N) is 1. The Bertz CT molecular complexity index is 960.